The van der Waals surface area contributed by atoms with E-state index in [2.05, 4.69) is 0 Å². The summed E-state index contributed by atoms with van der Waals surface area (Å²) in [4.78, 5) is 0. The van der Waals surface area contributed by atoms with Gasteiger partial charge in [0, 0.05) is 13.2 Å². The summed E-state index contributed by atoms with van der Waals surface area (Å²) in [5.74, 6) is 0.0202. The summed E-state index contributed by atoms with van der Waals surface area (Å²) in [6, 6.07) is 0. The zero-order valence-corrected chi connectivity index (χ0v) is 10.5. The van der Waals surface area contributed by atoms with Gasteiger partial charge in [-0.2, -0.15) is 0 Å². The molecule has 0 bridgehead atoms. The summed E-state index contributed by atoms with van der Waals surface area (Å²) in [5.41, 5.74) is 0. The summed E-state index contributed by atoms with van der Waals surface area (Å²) in [6.45, 7) is 1.75. The van der Waals surface area contributed by atoms with Gasteiger partial charge in [0.15, 0.2) is 0 Å². The Kier molecular flexibility index (Phi) is 9.68. The van der Waals surface area contributed by atoms with Crippen LogP contribution in [0.4, 0.5) is 0 Å². The average Bonchev–Trinajstić information content (AvgIpc) is 2.26. The third-order valence-corrected chi connectivity index (χ3v) is 3.04. The molecule has 0 aliphatic heterocycles. The smallest absolute Gasteiger partial charge is 0.0587 e. The Morgan fingerprint density at radius 3 is 1.82 bits per heavy atom. The van der Waals surface area contributed by atoms with Crippen molar-refractivity contribution in [3.8, 4) is 0 Å². The molecule has 0 unspecified atom stereocenters. The van der Waals surface area contributed by atoms with Crippen molar-refractivity contribution in [1.82, 2.24) is 0 Å². The van der Waals surface area contributed by atoms with Crippen molar-refractivity contribution in [2.24, 2.45) is 5.92 Å². The molecule has 4 atom stereocenters. The Balaban J connectivity index is 3.71. The maximum absolute atomic E-state index is 9.63. The molecule has 0 saturated heterocycles. The average molecular weight is 250 g/mol. The summed E-state index contributed by atoms with van der Waals surface area (Å²) in [5, 5.41) is 45.9. The lowest BCUT2D eigenvalue weighted by Gasteiger charge is -2.20. The molecule has 0 radical (unpaired) electrons. The minimum absolute atomic E-state index is 0.0202. The van der Waals surface area contributed by atoms with Crippen molar-refractivity contribution >= 4 is 0 Å². The van der Waals surface area contributed by atoms with Crippen molar-refractivity contribution in [2.45, 2.75) is 57.3 Å². The van der Waals surface area contributed by atoms with Crippen LogP contribution in [0.15, 0.2) is 0 Å². The van der Waals surface area contributed by atoms with Crippen LogP contribution in [0.1, 0.15) is 39.0 Å². The van der Waals surface area contributed by atoms with Gasteiger partial charge in [0.1, 0.15) is 0 Å². The predicted octanol–water partition coefficient (Wildman–Crippen LogP) is -0.360. The molecule has 0 aromatic heterocycles. The maximum Gasteiger partial charge on any atom is 0.0587 e. The van der Waals surface area contributed by atoms with E-state index >= 15 is 0 Å². The van der Waals surface area contributed by atoms with E-state index < -0.39 is 18.3 Å². The molecule has 0 saturated carbocycles. The zero-order chi connectivity index (χ0) is 13.3. The van der Waals surface area contributed by atoms with Gasteiger partial charge in [-0.15, -0.1) is 0 Å². The summed E-state index contributed by atoms with van der Waals surface area (Å²) in [7, 11) is 0. The molecule has 5 N–H and O–H groups in total. The molecular weight excluding hydrogens is 224 g/mol. The second-order valence-electron chi connectivity index (χ2n) is 4.69. The number of hydrogen-bond acceptors (Lipinski definition) is 5. The Morgan fingerprint density at radius 1 is 0.765 bits per heavy atom. The van der Waals surface area contributed by atoms with Gasteiger partial charge in [0.2, 0.25) is 0 Å². The second kappa shape index (κ2) is 9.79. The lowest BCUT2D eigenvalue weighted by molar-refractivity contribution is 0.0452. The minimum Gasteiger partial charge on any atom is -0.396 e. The molecule has 0 aliphatic rings. The lowest BCUT2D eigenvalue weighted by Crippen LogP contribution is -2.23. The van der Waals surface area contributed by atoms with E-state index in [4.69, 9.17) is 10.2 Å². The quantitative estimate of drug-likeness (QED) is 0.364. The van der Waals surface area contributed by atoms with Crippen LogP contribution in [0, 0.1) is 5.92 Å². The normalized spacial score (nSPS) is 18.7. The molecule has 0 spiro atoms. The molecule has 0 fully saturated rings. The highest BCUT2D eigenvalue weighted by Gasteiger charge is 2.17. The van der Waals surface area contributed by atoms with Crippen molar-refractivity contribution in [3.63, 3.8) is 0 Å². The van der Waals surface area contributed by atoms with Crippen LogP contribution < -0.4 is 0 Å². The molecule has 0 aromatic carbocycles. The topological polar surface area (TPSA) is 101 Å². The van der Waals surface area contributed by atoms with Gasteiger partial charge < -0.3 is 25.5 Å². The predicted molar refractivity (Wildman–Crippen MR) is 64.4 cm³/mol. The molecule has 17 heavy (non-hydrogen) atoms. The first kappa shape index (κ1) is 16.8. The lowest BCUT2D eigenvalue weighted by atomic mass is 9.94. The van der Waals surface area contributed by atoms with Gasteiger partial charge in [-0.3, -0.25) is 0 Å². The fourth-order valence-electron chi connectivity index (χ4n) is 1.76. The maximum atomic E-state index is 9.63. The molecule has 104 valence electrons. The van der Waals surface area contributed by atoms with Crippen molar-refractivity contribution in [3.05, 3.63) is 0 Å². The second-order valence-corrected chi connectivity index (χ2v) is 4.69. The van der Waals surface area contributed by atoms with E-state index in [-0.39, 0.29) is 32.0 Å². The van der Waals surface area contributed by atoms with Gasteiger partial charge in [0.05, 0.1) is 18.3 Å². The first-order valence-electron chi connectivity index (χ1n) is 6.27. The van der Waals surface area contributed by atoms with Crippen molar-refractivity contribution in [2.75, 3.05) is 13.2 Å². The Labute approximate surface area is 103 Å². The summed E-state index contributed by atoms with van der Waals surface area (Å²) < 4.78 is 0. The van der Waals surface area contributed by atoms with E-state index in [9.17, 15) is 15.3 Å². The first-order valence-corrected chi connectivity index (χ1v) is 6.27. The van der Waals surface area contributed by atoms with Gasteiger partial charge in [-0.1, -0.05) is 6.92 Å². The Hall–Kier alpha value is -0.200. The number of aliphatic hydroxyl groups is 5. The number of rotatable bonds is 10. The van der Waals surface area contributed by atoms with Crippen molar-refractivity contribution in [1.29, 1.82) is 0 Å². The fourth-order valence-corrected chi connectivity index (χ4v) is 1.76. The van der Waals surface area contributed by atoms with Crippen LogP contribution in [0.3, 0.4) is 0 Å². The van der Waals surface area contributed by atoms with Crippen LogP contribution in [0.5, 0.6) is 0 Å². The van der Waals surface area contributed by atoms with Crippen LogP contribution in [-0.4, -0.2) is 57.1 Å². The highest BCUT2D eigenvalue weighted by atomic mass is 16.3. The molecule has 0 aromatic rings. The highest BCUT2D eigenvalue weighted by Crippen LogP contribution is 2.17. The standard InChI is InChI=1S/C12H26O5/c1-9(12(17)5-7-14)2-3-10(15)8-11(16)4-6-13/h9-17H,2-8H2,1H3/t9-,10+,11-,12+/m0/s1. The molecule has 0 aliphatic carbocycles. The zero-order valence-electron chi connectivity index (χ0n) is 10.5. The van der Waals surface area contributed by atoms with Crippen LogP contribution in [0.25, 0.3) is 0 Å². The van der Waals surface area contributed by atoms with Crippen LogP contribution in [0.2, 0.25) is 0 Å². The molecule has 0 heterocycles. The minimum atomic E-state index is -0.673. The SMILES string of the molecule is C[C@@H](CC[C@@H](O)C[C@@H](O)CCO)[C@H](O)CCO. The molecule has 5 nitrogen and oxygen atoms in total. The highest BCUT2D eigenvalue weighted by molar-refractivity contribution is 4.69. The first-order chi connectivity index (χ1) is 8.01. The largest absolute Gasteiger partial charge is 0.396 e. The van der Waals surface area contributed by atoms with Gasteiger partial charge in [0.25, 0.3) is 0 Å². The van der Waals surface area contributed by atoms with Gasteiger partial charge in [-0.05, 0) is 38.0 Å². The fraction of sp³-hybridized carbons (Fsp3) is 1.00. The van der Waals surface area contributed by atoms with E-state index in [1.165, 1.54) is 0 Å². The Morgan fingerprint density at radius 2 is 1.29 bits per heavy atom. The van der Waals surface area contributed by atoms with E-state index in [0.717, 1.165) is 0 Å². The summed E-state index contributed by atoms with van der Waals surface area (Å²) in [6.07, 6.45) is 0.205. The third-order valence-electron chi connectivity index (χ3n) is 3.04. The van der Waals surface area contributed by atoms with E-state index in [1.54, 1.807) is 0 Å². The van der Waals surface area contributed by atoms with Gasteiger partial charge in [-0.25, -0.2) is 0 Å². The van der Waals surface area contributed by atoms with Gasteiger partial charge >= 0.3 is 0 Å². The molecule has 0 amide bonds. The monoisotopic (exact) mass is 250 g/mol. The van der Waals surface area contributed by atoms with Crippen LogP contribution in [-0.2, 0) is 0 Å². The summed E-state index contributed by atoms with van der Waals surface area (Å²) >= 11 is 0. The number of aliphatic hydroxyl groups excluding tert-OH is 5. The number of hydrogen-bond donors (Lipinski definition) is 5. The third kappa shape index (κ3) is 8.51. The molecule has 5 heteroatoms. The van der Waals surface area contributed by atoms with E-state index in [0.29, 0.717) is 19.3 Å². The van der Waals surface area contributed by atoms with Crippen LogP contribution >= 0.6 is 0 Å². The van der Waals surface area contributed by atoms with E-state index in [1.807, 2.05) is 6.92 Å². The van der Waals surface area contributed by atoms with Crippen molar-refractivity contribution < 1.29 is 25.5 Å². The Bertz CT molecular complexity index is 176. The molecular formula is C12H26O5. The molecule has 0 rings (SSSR count).